The average molecular weight is 422 g/mol. The molecule has 5 heteroatoms. The zero-order valence-electron chi connectivity index (χ0n) is 17.1. The Bertz CT molecular complexity index is 1070. The maximum absolute atomic E-state index is 12.8. The summed E-state index contributed by atoms with van der Waals surface area (Å²) in [4.78, 5) is 15.3. The van der Waals surface area contributed by atoms with Gasteiger partial charge in [-0.3, -0.25) is 4.79 Å². The summed E-state index contributed by atoms with van der Waals surface area (Å²) in [5.41, 5.74) is 0.916. The Hall–Kier alpha value is -2.21. The van der Waals surface area contributed by atoms with Gasteiger partial charge in [-0.25, -0.2) is 0 Å². The van der Waals surface area contributed by atoms with Crippen LogP contribution in [0.1, 0.15) is 39.4 Å². The van der Waals surface area contributed by atoms with E-state index < -0.39 is 6.10 Å². The third-order valence-corrected chi connectivity index (χ3v) is 7.61. The summed E-state index contributed by atoms with van der Waals surface area (Å²) in [7, 11) is 0. The van der Waals surface area contributed by atoms with E-state index in [1.807, 2.05) is 30.3 Å². The Morgan fingerprint density at radius 1 is 1.13 bits per heavy atom. The van der Waals surface area contributed by atoms with Crippen LogP contribution in [0.4, 0.5) is 0 Å². The second kappa shape index (κ2) is 8.14. The van der Waals surface area contributed by atoms with E-state index in [-0.39, 0.29) is 23.8 Å². The largest absolute Gasteiger partial charge is 0.487 e. The molecule has 1 heterocycles. The van der Waals surface area contributed by atoms with Crippen molar-refractivity contribution < 1.29 is 14.6 Å². The second-order valence-electron chi connectivity index (χ2n) is 8.51. The first-order valence-electron chi connectivity index (χ1n) is 10.8. The Morgan fingerprint density at radius 2 is 1.97 bits per heavy atom. The summed E-state index contributed by atoms with van der Waals surface area (Å²) in [6.07, 6.45) is 2.70. The van der Waals surface area contributed by atoms with Gasteiger partial charge in [0.25, 0.3) is 0 Å². The van der Waals surface area contributed by atoms with Gasteiger partial charge in [-0.2, -0.15) is 0 Å². The number of thiophene rings is 1. The number of hydrogen-bond acceptors (Lipinski definition) is 5. The van der Waals surface area contributed by atoms with Gasteiger partial charge < -0.3 is 15.2 Å². The topological polar surface area (TPSA) is 58.6 Å². The van der Waals surface area contributed by atoms with Crippen molar-refractivity contribution in [1.82, 2.24) is 5.32 Å². The van der Waals surface area contributed by atoms with Crippen LogP contribution in [-0.4, -0.2) is 35.7 Å². The molecule has 156 valence electrons. The van der Waals surface area contributed by atoms with Crippen molar-refractivity contribution in [3.63, 3.8) is 0 Å². The minimum Gasteiger partial charge on any atom is -0.487 e. The number of Topliss-reactive ketones (excluding diaryl/α,β-unsaturated/α-hetero) is 1. The molecule has 1 unspecified atom stereocenters. The minimum atomic E-state index is -0.582. The maximum atomic E-state index is 12.8. The molecule has 1 fully saturated rings. The highest BCUT2D eigenvalue weighted by Gasteiger charge is 2.37. The number of rotatable bonds is 5. The highest BCUT2D eigenvalue weighted by Crippen LogP contribution is 2.33. The number of aryl methyl sites for hydroxylation is 2. The third-order valence-electron chi connectivity index (χ3n) is 6.50. The van der Waals surface area contributed by atoms with Gasteiger partial charge in [0.15, 0.2) is 5.78 Å². The van der Waals surface area contributed by atoms with E-state index in [9.17, 15) is 9.90 Å². The predicted octanol–water partition coefficient (Wildman–Crippen LogP) is 4.52. The molecule has 0 aliphatic heterocycles. The Balaban J connectivity index is 1.21. The molecule has 2 aromatic carbocycles. The van der Waals surface area contributed by atoms with Gasteiger partial charge in [0, 0.05) is 39.2 Å². The van der Waals surface area contributed by atoms with Crippen LogP contribution < -0.4 is 10.1 Å². The molecule has 0 bridgehead atoms. The summed E-state index contributed by atoms with van der Waals surface area (Å²) in [5, 5.41) is 16.5. The SMILES string of the molecule is Cc1cc2c(s1)CCC(CN[C@@H]1CC[C@@H](Oc3cccc4ccccc34)[C@@H]1O)C2=O. The van der Waals surface area contributed by atoms with Crippen molar-refractivity contribution in [3.8, 4) is 5.75 Å². The lowest BCUT2D eigenvalue weighted by molar-refractivity contribution is 0.0450. The molecular formula is C25H27NO3S. The Morgan fingerprint density at radius 3 is 2.87 bits per heavy atom. The van der Waals surface area contributed by atoms with E-state index >= 15 is 0 Å². The van der Waals surface area contributed by atoms with Crippen molar-refractivity contribution in [2.24, 2.45) is 5.92 Å². The van der Waals surface area contributed by atoms with Crippen molar-refractivity contribution in [1.29, 1.82) is 0 Å². The number of ketones is 1. The highest BCUT2D eigenvalue weighted by molar-refractivity contribution is 7.12. The first-order chi connectivity index (χ1) is 14.6. The molecule has 2 N–H and O–H groups in total. The number of hydrogen-bond donors (Lipinski definition) is 2. The van der Waals surface area contributed by atoms with Crippen LogP contribution in [-0.2, 0) is 6.42 Å². The predicted molar refractivity (Wildman–Crippen MR) is 121 cm³/mol. The molecule has 4 atom stereocenters. The quantitative estimate of drug-likeness (QED) is 0.636. The number of fused-ring (bicyclic) bond motifs is 2. The van der Waals surface area contributed by atoms with Gasteiger partial charge in [0.2, 0.25) is 0 Å². The fraction of sp³-hybridized carbons (Fsp3) is 0.400. The molecule has 5 rings (SSSR count). The van der Waals surface area contributed by atoms with Crippen LogP contribution in [0.15, 0.2) is 48.5 Å². The molecule has 1 aromatic heterocycles. The van der Waals surface area contributed by atoms with Crippen molar-refractivity contribution in [2.45, 2.75) is 50.9 Å². The van der Waals surface area contributed by atoms with Crippen molar-refractivity contribution >= 4 is 27.9 Å². The average Bonchev–Trinajstić information content (AvgIpc) is 3.30. The molecule has 2 aliphatic rings. The lowest BCUT2D eigenvalue weighted by atomic mass is 9.87. The van der Waals surface area contributed by atoms with Crippen LogP contribution in [0, 0.1) is 12.8 Å². The molecule has 3 aromatic rings. The number of aliphatic hydroxyl groups excluding tert-OH is 1. The molecule has 0 spiro atoms. The molecule has 0 amide bonds. The van der Waals surface area contributed by atoms with Gasteiger partial charge in [-0.1, -0.05) is 36.4 Å². The first-order valence-corrected chi connectivity index (χ1v) is 11.6. The van der Waals surface area contributed by atoms with E-state index in [1.54, 1.807) is 11.3 Å². The summed E-state index contributed by atoms with van der Waals surface area (Å²) in [6, 6.07) is 16.2. The Labute approximate surface area is 180 Å². The van der Waals surface area contributed by atoms with Crippen molar-refractivity contribution in [3.05, 3.63) is 63.8 Å². The fourth-order valence-electron chi connectivity index (χ4n) is 4.86. The van der Waals surface area contributed by atoms with Crippen LogP contribution in [0.2, 0.25) is 0 Å². The van der Waals surface area contributed by atoms with E-state index in [0.29, 0.717) is 6.54 Å². The first kappa shape index (κ1) is 19.7. The lowest BCUT2D eigenvalue weighted by Crippen LogP contribution is -2.44. The number of nitrogens with one attached hydrogen (secondary N) is 1. The highest BCUT2D eigenvalue weighted by atomic mass is 32.1. The van der Waals surface area contributed by atoms with E-state index in [1.165, 1.54) is 9.75 Å². The van der Waals surface area contributed by atoms with Gasteiger partial charge >= 0.3 is 0 Å². The Kier molecular flexibility index (Phi) is 5.35. The number of carbonyl (C=O) groups excluding carboxylic acids is 1. The zero-order chi connectivity index (χ0) is 20.7. The summed E-state index contributed by atoms with van der Waals surface area (Å²) < 4.78 is 6.24. The molecule has 4 nitrogen and oxygen atoms in total. The van der Waals surface area contributed by atoms with Crippen LogP contribution in [0.3, 0.4) is 0 Å². The molecule has 30 heavy (non-hydrogen) atoms. The minimum absolute atomic E-state index is 0.00302. The molecule has 2 aliphatic carbocycles. The zero-order valence-corrected chi connectivity index (χ0v) is 18.0. The number of benzene rings is 2. The van der Waals surface area contributed by atoms with E-state index in [0.717, 1.165) is 47.8 Å². The van der Waals surface area contributed by atoms with Crippen LogP contribution in [0.5, 0.6) is 5.75 Å². The van der Waals surface area contributed by atoms with E-state index in [4.69, 9.17) is 4.74 Å². The molecule has 0 radical (unpaired) electrons. The van der Waals surface area contributed by atoms with Gasteiger partial charge in [0.1, 0.15) is 18.0 Å². The summed E-state index contributed by atoms with van der Waals surface area (Å²) in [6.45, 7) is 2.68. The number of ether oxygens (including phenoxy) is 1. The normalized spacial score (nSPS) is 26.1. The molecule has 1 saturated carbocycles. The van der Waals surface area contributed by atoms with Crippen LogP contribution in [0.25, 0.3) is 10.8 Å². The molecule has 0 saturated heterocycles. The smallest absolute Gasteiger partial charge is 0.168 e. The lowest BCUT2D eigenvalue weighted by Gasteiger charge is -2.26. The maximum Gasteiger partial charge on any atom is 0.168 e. The van der Waals surface area contributed by atoms with E-state index in [2.05, 4.69) is 30.4 Å². The van der Waals surface area contributed by atoms with Gasteiger partial charge in [-0.15, -0.1) is 11.3 Å². The van der Waals surface area contributed by atoms with Crippen molar-refractivity contribution in [2.75, 3.05) is 6.54 Å². The second-order valence-corrected chi connectivity index (χ2v) is 9.85. The van der Waals surface area contributed by atoms with Crippen LogP contribution >= 0.6 is 11.3 Å². The monoisotopic (exact) mass is 421 g/mol. The summed E-state index contributed by atoms with van der Waals surface area (Å²) >= 11 is 1.74. The van der Waals surface area contributed by atoms with Gasteiger partial charge in [-0.05, 0) is 50.1 Å². The standard InChI is InChI=1S/C25H27NO3S/c1-15-13-19-23(30-15)12-9-17(24(19)27)14-26-20-10-11-22(25(20)28)29-21-8-4-6-16-5-2-3-7-18(16)21/h2-8,13,17,20,22,25-26,28H,9-12,14H2,1H3/t17?,20-,22-,25-/m1/s1. The third kappa shape index (κ3) is 3.66. The number of aliphatic hydroxyl groups is 1. The fourth-order valence-corrected chi connectivity index (χ4v) is 5.91. The van der Waals surface area contributed by atoms with Gasteiger partial charge in [0.05, 0.1) is 0 Å². The molecular weight excluding hydrogens is 394 g/mol. The summed E-state index contributed by atoms with van der Waals surface area (Å²) in [5.74, 6) is 1.07. The number of carbonyl (C=O) groups is 1.